The Labute approximate surface area is 108 Å². The summed E-state index contributed by atoms with van der Waals surface area (Å²) in [6.45, 7) is 0. The third-order valence-electron chi connectivity index (χ3n) is 2.34. The standard InChI is InChI=1S/C13H10ClFN2O/c14-9-3-1-2-8(6-9)13(18)17-10-4-5-11(15)12(16)7-10/h1-7H,16H2,(H,17,18). The molecule has 0 aliphatic heterocycles. The van der Waals surface area contributed by atoms with E-state index < -0.39 is 5.82 Å². The maximum absolute atomic E-state index is 13.0. The molecule has 92 valence electrons. The highest BCUT2D eigenvalue weighted by atomic mass is 35.5. The van der Waals surface area contributed by atoms with E-state index in [-0.39, 0.29) is 11.6 Å². The predicted molar refractivity (Wildman–Crippen MR) is 70.2 cm³/mol. The normalized spacial score (nSPS) is 10.1. The molecule has 3 nitrogen and oxygen atoms in total. The fraction of sp³-hybridized carbons (Fsp3) is 0. The molecule has 18 heavy (non-hydrogen) atoms. The minimum absolute atomic E-state index is 0.0149. The summed E-state index contributed by atoms with van der Waals surface area (Å²) in [5.41, 5.74) is 6.25. The number of hydrogen-bond acceptors (Lipinski definition) is 2. The van der Waals surface area contributed by atoms with Crippen LogP contribution in [-0.2, 0) is 0 Å². The Morgan fingerprint density at radius 3 is 2.67 bits per heavy atom. The number of hydrogen-bond donors (Lipinski definition) is 2. The van der Waals surface area contributed by atoms with Crippen LogP contribution >= 0.6 is 11.6 Å². The molecule has 0 atom stereocenters. The van der Waals surface area contributed by atoms with E-state index in [4.69, 9.17) is 17.3 Å². The molecule has 0 radical (unpaired) electrons. The molecule has 2 rings (SSSR count). The molecule has 0 bridgehead atoms. The van der Waals surface area contributed by atoms with Gasteiger partial charge in [-0.1, -0.05) is 17.7 Å². The molecule has 1 amide bonds. The van der Waals surface area contributed by atoms with Crippen molar-refractivity contribution in [3.8, 4) is 0 Å². The molecule has 0 unspecified atom stereocenters. The summed E-state index contributed by atoms with van der Waals surface area (Å²) >= 11 is 5.79. The number of amides is 1. The molecule has 0 saturated heterocycles. The first-order valence-corrected chi connectivity index (χ1v) is 5.56. The summed E-state index contributed by atoms with van der Waals surface area (Å²) in [6, 6.07) is 10.5. The molecule has 0 heterocycles. The zero-order valence-corrected chi connectivity index (χ0v) is 10.0. The highest BCUT2D eigenvalue weighted by Gasteiger charge is 2.07. The molecule has 2 aromatic rings. The van der Waals surface area contributed by atoms with Gasteiger partial charge in [-0.25, -0.2) is 4.39 Å². The first-order valence-electron chi connectivity index (χ1n) is 5.18. The first kappa shape index (κ1) is 12.4. The molecular formula is C13H10ClFN2O. The summed E-state index contributed by atoms with van der Waals surface area (Å²) in [4.78, 5) is 11.9. The van der Waals surface area contributed by atoms with Gasteiger partial charge in [-0.15, -0.1) is 0 Å². The van der Waals surface area contributed by atoms with Crippen molar-refractivity contribution in [3.63, 3.8) is 0 Å². The Balaban J connectivity index is 2.18. The lowest BCUT2D eigenvalue weighted by Gasteiger charge is -2.06. The van der Waals surface area contributed by atoms with Gasteiger partial charge in [0, 0.05) is 16.3 Å². The number of nitrogens with one attached hydrogen (secondary N) is 1. The monoisotopic (exact) mass is 264 g/mol. The van der Waals surface area contributed by atoms with Gasteiger partial charge in [0.25, 0.3) is 5.91 Å². The molecule has 0 aliphatic rings. The Morgan fingerprint density at radius 2 is 2.00 bits per heavy atom. The van der Waals surface area contributed by atoms with Crippen molar-refractivity contribution >= 4 is 28.9 Å². The van der Waals surface area contributed by atoms with Crippen LogP contribution in [0.3, 0.4) is 0 Å². The second-order valence-electron chi connectivity index (χ2n) is 3.70. The number of nitrogens with two attached hydrogens (primary N) is 1. The van der Waals surface area contributed by atoms with Gasteiger partial charge in [-0.3, -0.25) is 4.79 Å². The molecule has 0 spiro atoms. The quantitative estimate of drug-likeness (QED) is 0.818. The van der Waals surface area contributed by atoms with E-state index in [1.54, 1.807) is 24.3 Å². The first-order chi connectivity index (χ1) is 8.56. The fourth-order valence-electron chi connectivity index (χ4n) is 1.45. The summed E-state index contributed by atoms with van der Waals surface area (Å²) in [5.74, 6) is -0.848. The lowest BCUT2D eigenvalue weighted by Crippen LogP contribution is -2.12. The maximum atomic E-state index is 13.0. The largest absolute Gasteiger partial charge is 0.396 e. The van der Waals surface area contributed by atoms with Crippen molar-refractivity contribution in [1.82, 2.24) is 0 Å². The second kappa shape index (κ2) is 5.06. The number of benzene rings is 2. The fourth-order valence-corrected chi connectivity index (χ4v) is 1.64. The second-order valence-corrected chi connectivity index (χ2v) is 4.14. The van der Waals surface area contributed by atoms with Crippen LogP contribution in [0.5, 0.6) is 0 Å². The lowest BCUT2D eigenvalue weighted by atomic mass is 10.2. The number of carbonyl (C=O) groups excluding carboxylic acids is 1. The molecular weight excluding hydrogens is 255 g/mol. The third-order valence-corrected chi connectivity index (χ3v) is 2.58. The van der Waals surface area contributed by atoms with Crippen LogP contribution in [0, 0.1) is 5.82 Å². The van der Waals surface area contributed by atoms with Crippen LogP contribution in [0.2, 0.25) is 5.02 Å². The van der Waals surface area contributed by atoms with Crippen LogP contribution < -0.4 is 11.1 Å². The molecule has 0 aromatic heterocycles. The van der Waals surface area contributed by atoms with E-state index in [1.165, 1.54) is 18.2 Å². The topological polar surface area (TPSA) is 55.1 Å². The summed E-state index contributed by atoms with van der Waals surface area (Å²) < 4.78 is 13.0. The molecule has 0 fully saturated rings. The smallest absolute Gasteiger partial charge is 0.255 e. The number of carbonyl (C=O) groups is 1. The van der Waals surface area contributed by atoms with Crippen molar-refractivity contribution in [2.45, 2.75) is 0 Å². The summed E-state index contributed by atoms with van der Waals surface area (Å²) in [6.07, 6.45) is 0. The van der Waals surface area contributed by atoms with Gasteiger partial charge >= 0.3 is 0 Å². The average molecular weight is 265 g/mol. The molecule has 0 saturated carbocycles. The van der Waals surface area contributed by atoms with Crippen LogP contribution in [0.1, 0.15) is 10.4 Å². The SMILES string of the molecule is Nc1cc(NC(=O)c2cccc(Cl)c2)ccc1F. The Kier molecular flexibility index (Phi) is 3.48. The number of halogens is 2. The highest BCUT2D eigenvalue weighted by molar-refractivity contribution is 6.31. The van der Waals surface area contributed by atoms with Crippen molar-refractivity contribution < 1.29 is 9.18 Å². The van der Waals surface area contributed by atoms with Gasteiger partial charge in [-0.05, 0) is 36.4 Å². The summed E-state index contributed by atoms with van der Waals surface area (Å²) in [7, 11) is 0. The van der Waals surface area contributed by atoms with Crippen LogP contribution in [0.15, 0.2) is 42.5 Å². The zero-order valence-electron chi connectivity index (χ0n) is 9.28. The minimum atomic E-state index is -0.518. The van der Waals surface area contributed by atoms with E-state index in [9.17, 15) is 9.18 Å². The number of nitrogen functional groups attached to an aromatic ring is 1. The van der Waals surface area contributed by atoms with Crippen molar-refractivity contribution in [1.29, 1.82) is 0 Å². The summed E-state index contributed by atoms with van der Waals surface area (Å²) in [5, 5.41) is 3.08. The van der Waals surface area contributed by atoms with Gasteiger partial charge in [0.15, 0.2) is 0 Å². The Morgan fingerprint density at radius 1 is 1.22 bits per heavy atom. The lowest BCUT2D eigenvalue weighted by molar-refractivity contribution is 0.102. The van der Waals surface area contributed by atoms with Gasteiger partial charge in [-0.2, -0.15) is 0 Å². The van der Waals surface area contributed by atoms with Gasteiger partial charge in [0.1, 0.15) is 5.82 Å². The van der Waals surface area contributed by atoms with Crippen molar-refractivity contribution in [2.75, 3.05) is 11.1 Å². The average Bonchev–Trinajstić information content (AvgIpc) is 2.34. The molecule has 2 aromatic carbocycles. The van der Waals surface area contributed by atoms with E-state index in [2.05, 4.69) is 5.32 Å². The van der Waals surface area contributed by atoms with Gasteiger partial charge in [0.05, 0.1) is 5.69 Å². The Bertz CT molecular complexity index is 601. The van der Waals surface area contributed by atoms with E-state index in [0.717, 1.165) is 0 Å². The minimum Gasteiger partial charge on any atom is -0.396 e. The molecule has 5 heteroatoms. The van der Waals surface area contributed by atoms with Crippen molar-refractivity contribution in [3.05, 3.63) is 58.9 Å². The van der Waals surface area contributed by atoms with E-state index in [1.807, 2.05) is 0 Å². The van der Waals surface area contributed by atoms with Gasteiger partial charge < -0.3 is 11.1 Å². The van der Waals surface area contributed by atoms with Crippen LogP contribution in [-0.4, -0.2) is 5.91 Å². The van der Waals surface area contributed by atoms with Crippen LogP contribution in [0.25, 0.3) is 0 Å². The Hall–Kier alpha value is -2.07. The maximum Gasteiger partial charge on any atom is 0.255 e. The predicted octanol–water partition coefficient (Wildman–Crippen LogP) is 3.31. The van der Waals surface area contributed by atoms with Crippen LogP contribution in [0.4, 0.5) is 15.8 Å². The highest BCUT2D eigenvalue weighted by Crippen LogP contribution is 2.18. The number of rotatable bonds is 2. The van der Waals surface area contributed by atoms with Crippen molar-refractivity contribution in [2.24, 2.45) is 0 Å². The number of anilines is 2. The zero-order chi connectivity index (χ0) is 13.1. The van der Waals surface area contributed by atoms with E-state index in [0.29, 0.717) is 16.3 Å². The third kappa shape index (κ3) is 2.78. The van der Waals surface area contributed by atoms with E-state index >= 15 is 0 Å². The molecule has 0 aliphatic carbocycles. The molecule has 3 N–H and O–H groups in total. The van der Waals surface area contributed by atoms with Gasteiger partial charge in [0.2, 0.25) is 0 Å².